The first kappa shape index (κ1) is 16.4. The lowest BCUT2D eigenvalue weighted by molar-refractivity contribution is -0.121. The number of hydrogen-bond acceptors (Lipinski definition) is 4. The third kappa shape index (κ3) is 4.79. The van der Waals surface area contributed by atoms with Crippen LogP contribution in [0.5, 0.6) is 0 Å². The highest BCUT2D eigenvalue weighted by Crippen LogP contribution is 2.16. The van der Waals surface area contributed by atoms with Crippen molar-refractivity contribution >= 4 is 28.8 Å². The van der Waals surface area contributed by atoms with E-state index in [9.17, 15) is 4.79 Å². The number of carbonyl (C=O) groups excluding carboxylic acids is 1. The Morgan fingerprint density at radius 3 is 2.75 bits per heavy atom. The molecule has 20 heavy (non-hydrogen) atoms. The van der Waals surface area contributed by atoms with Gasteiger partial charge in [-0.3, -0.25) is 4.79 Å². The Labute approximate surface area is 124 Å². The highest BCUT2D eigenvalue weighted by Gasteiger charge is 2.12. The summed E-state index contributed by atoms with van der Waals surface area (Å²) in [5, 5.41) is 5.92. The van der Waals surface area contributed by atoms with Crippen LogP contribution >= 0.6 is 12.2 Å². The van der Waals surface area contributed by atoms with Crippen LogP contribution in [0, 0.1) is 6.92 Å². The number of hydrogen-bond donors (Lipinski definition) is 3. The molecule has 0 aliphatic carbocycles. The fourth-order valence-electron chi connectivity index (χ4n) is 1.77. The maximum Gasteiger partial charge on any atom is 0.242 e. The molecule has 1 amide bonds. The molecule has 0 radical (unpaired) electrons. The van der Waals surface area contributed by atoms with Crippen LogP contribution in [0.15, 0.2) is 18.2 Å². The van der Waals surface area contributed by atoms with Crippen molar-refractivity contribution in [3.63, 3.8) is 0 Å². The van der Waals surface area contributed by atoms with Crippen molar-refractivity contribution in [3.05, 3.63) is 29.3 Å². The highest BCUT2D eigenvalue weighted by molar-refractivity contribution is 7.80. The average Bonchev–Trinajstić information content (AvgIpc) is 2.38. The van der Waals surface area contributed by atoms with Gasteiger partial charge in [0.15, 0.2) is 0 Å². The predicted molar refractivity (Wildman–Crippen MR) is 85.0 cm³/mol. The molecular weight excluding hydrogens is 274 g/mol. The number of nitrogens with one attached hydrogen (secondary N) is 2. The van der Waals surface area contributed by atoms with Crippen molar-refractivity contribution in [2.24, 2.45) is 5.73 Å². The summed E-state index contributed by atoms with van der Waals surface area (Å²) in [6.07, 6.45) is 0. The summed E-state index contributed by atoms with van der Waals surface area (Å²) < 4.78 is 4.88. The van der Waals surface area contributed by atoms with Gasteiger partial charge in [0.05, 0.1) is 6.61 Å². The standard InChI is InChI=1S/C14H21N3O2S/c1-9-8-11(4-5-12(9)13(15)20)17-10(2)14(18)16-6-7-19-3/h4-5,8,10,17H,6-7H2,1-3H3,(H2,15,20)(H,16,18). The zero-order valence-corrected chi connectivity index (χ0v) is 12.8. The van der Waals surface area contributed by atoms with Crippen LogP contribution in [0.4, 0.5) is 5.69 Å². The summed E-state index contributed by atoms with van der Waals surface area (Å²) in [5.74, 6) is -0.0712. The van der Waals surface area contributed by atoms with Gasteiger partial charge in [-0.15, -0.1) is 0 Å². The van der Waals surface area contributed by atoms with E-state index in [-0.39, 0.29) is 11.9 Å². The number of benzene rings is 1. The summed E-state index contributed by atoms with van der Waals surface area (Å²) in [6.45, 7) is 4.74. The number of nitrogens with two attached hydrogens (primary N) is 1. The molecule has 0 bridgehead atoms. The van der Waals surface area contributed by atoms with E-state index in [1.54, 1.807) is 14.0 Å². The Hall–Kier alpha value is -1.66. The SMILES string of the molecule is COCCNC(=O)C(C)Nc1ccc(C(N)=S)c(C)c1. The Morgan fingerprint density at radius 2 is 2.20 bits per heavy atom. The number of carbonyl (C=O) groups is 1. The molecule has 0 aliphatic heterocycles. The predicted octanol–water partition coefficient (Wildman–Crippen LogP) is 1.19. The van der Waals surface area contributed by atoms with Gasteiger partial charge in [0.1, 0.15) is 11.0 Å². The van der Waals surface area contributed by atoms with Gasteiger partial charge in [0.2, 0.25) is 5.91 Å². The molecule has 1 atom stereocenters. The first-order valence-electron chi connectivity index (χ1n) is 6.39. The lowest BCUT2D eigenvalue weighted by Crippen LogP contribution is -2.39. The number of anilines is 1. The van der Waals surface area contributed by atoms with Crippen molar-refractivity contribution in [2.75, 3.05) is 25.6 Å². The first-order valence-corrected chi connectivity index (χ1v) is 6.80. The summed E-state index contributed by atoms with van der Waals surface area (Å²) in [5.41, 5.74) is 8.31. The van der Waals surface area contributed by atoms with Crippen molar-refractivity contribution in [2.45, 2.75) is 19.9 Å². The number of aryl methyl sites for hydroxylation is 1. The molecule has 0 aliphatic rings. The van der Waals surface area contributed by atoms with Gasteiger partial charge in [-0.2, -0.15) is 0 Å². The van der Waals surface area contributed by atoms with Gasteiger partial charge in [-0.05, 0) is 37.6 Å². The van der Waals surface area contributed by atoms with Gasteiger partial charge >= 0.3 is 0 Å². The minimum atomic E-state index is -0.332. The Bertz CT molecular complexity index is 491. The van der Waals surface area contributed by atoms with Crippen LogP contribution in [0.3, 0.4) is 0 Å². The van der Waals surface area contributed by atoms with Gasteiger partial charge < -0.3 is 21.1 Å². The molecule has 0 saturated heterocycles. The van der Waals surface area contributed by atoms with Crippen LogP contribution in [-0.2, 0) is 9.53 Å². The fourth-order valence-corrected chi connectivity index (χ4v) is 2.00. The van der Waals surface area contributed by atoms with Gasteiger partial charge in [0.25, 0.3) is 0 Å². The molecule has 1 unspecified atom stereocenters. The molecular formula is C14H21N3O2S. The minimum absolute atomic E-state index is 0.0712. The van der Waals surface area contributed by atoms with Gasteiger partial charge in [0, 0.05) is 24.9 Å². The molecule has 0 saturated carbocycles. The van der Waals surface area contributed by atoms with E-state index in [0.717, 1.165) is 16.8 Å². The Morgan fingerprint density at radius 1 is 1.50 bits per heavy atom. The van der Waals surface area contributed by atoms with E-state index in [0.29, 0.717) is 18.1 Å². The Balaban J connectivity index is 2.62. The molecule has 1 rings (SSSR count). The first-order chi connectivity index (χ1) is 9.45. The number of amides is 1. The van der Waals surface area contributed by atoms with E-state index in [1.807, 2.05) is 25.1 Å². The molecule has 4 N–H and O–H groups in total. The van der Waals surface area contributed by atoms with Crippen LogP contribution in [0.2, 0.25) is 0 Å². The van der Waals surface area contributed by atoms with Crippen LogP contribution < -0.4 is 16.4 Å². The topological polar surface area (TPSA) is 76.4 Å². The average molecular weight is 295 g/mol. The zero-order valence-electron chi connectivity index (χ0n) is 12.0. The molecule has 6 heteroatoms. The maximum absolute atomic E-state index is 11.8. The number of methoxy groups -OCH3 is 1. The second-order valence-corrected chi connectivity index (χ2v) is 4.98. The van der Waals surface area contributed by atoms with Gasteiger partial charge in [-0.1, -0.05) is 12.2 Å². The molecule has 1 aromatic carbocycles. The molecule has 0 fully saturated rings. The molecule has 1 aromatic rings. The fraction of sp³-hybridized carbons (Fsp3) is 0.429. The monoisotopic (exact) mass is 295 g/mol. The lowest BCUT2D eigenvalue weighted by Gasteiger charge is -2.16. The summed E-state index contributed by atoms with van der Waals surface area (Å²) in [6, 6.07) is 5.31. The van der Waals surface area contributed by atoms with E-state index in [4.69, 9.17) is 22.7 Å². The zero-order chi connectivity index (χ0) is 15.1. The quantitative estimate of drug-likeness (QED) is 0.520. The van der Waals surface area contributed by atoms with Crippen LogP contribution in [0.25, 0.3) is 0 Å². The van der Waals surface area contributed by atoms with E-state index in [1.165, 1.54) is 0 Å². The van der Waals surface area contributed by atoms with E-state index >= 15 is 0 Å². The van der Waals surface area contributed by atoms with Crippen molar-refractivity contribution < 1.29 is 9.53 Å². The molecule has 0 spiro atoms. The normalized spacial score (nSPS) is 11.8. The van der Waals surface area contributed by atoms with Crippen molar-refractivity contribution in [1.29, 1.82) is 0 Å². The summed E-state index contributed by atoms with van der Waals surface area (Å²) in [4.78, 5) is 12.2. The van der Waals surface area contributed by atoms with Crippen molar-refractivity contribution in [1.82, 2.24) is 5.32 Å². The van der Waals surface area contributed by atoms with E-state index < -0.39 is 0 Å². The lowest BCUT2D eigenvalue weighted by atomic mass is 10.1. The largest absolute Gasteiger partial charge is 0.389 e. The van der Waals surface area contributed by atoms with Gasteiger partial charge in [-0.25, -0.2) is 0 Å². The summed E-state index contributed by atoms with van der Waals surface area (Å²) in [7, 11) is 1.60. The second kappa shape index (κ2) is 7.81. The number of thiocarbonyl (C=S) groups is 1. The minimum Gasteiger partial charge on any atom is -0.389 e. The van der Waals surface area contributed by atoms with E-state index in [2.05, 4.69) is 10.6 Å². The molecule has 5 nitrogen and oxygen atoms in total. The summed E-state index contributed by atoms with van der Waals surface area (Å²) >= 11 is 4.96. The van der Waals surface area contributed by atoms with Crippen LogP contribution in [-0.4, -0.2) is 37.2 Å². The Kier molecular flexibility index (Phi) is 6.41. The third-order valence-corrected chi connectivity index (χ3v) is 3.09. The molecule has 0 aromatic heterocycles. The van der Waals surface area contributed by atoms with Crippen molar-refractivity contribution in [3.8, 4) is 0 Å². The molecule has 110 valence electrons. The number of ether oxygens (including phenoxy) is 1. The highest BCUT2D eigenvalue weighted by atomic mass is 32.1. The smallest absolute Gasteiger partial charge is 0.242 e. The second-order valence-electron chi connectivity index (χ2n) is 4.54. The maximum atomic E-state index is 11.8. The van der Waals surface area contributed by atoms with Crippen LogP contribution in [0.1, 0.15) is 18.1 Å². The number of rotatable bonds is 7. The molecule has 0 heterocycles. The third-order valence-electron chi connectivity index (χ3n) is 2.87.